The lowest BCUT2D eigenvalue weighted by Crippen LogP contribution is -2.53. The fourth-order valence-corrected chi connectivity index (χ4v) is 6.74. The molecule has 1 N–H and O–H groups in total. The Morgan fingerprint density at radius 3 is 2.74 bits per heavy atom. The minimum absolute atomic E-state index is 0.0449. The average Bonchev–Trinajstić information content (AvgIpc) is 3.41. The van der Waals surface area contributed by atoms with Crippen molar-refractivity contribution in [2.75, 3.05) is 25.0 Å². The Morgan fingerprint density at radius 2 is 2.00 bits per heavy atom. The maximum absolute atomic E-state index is 13.6. The van der Waals surface area contributed by atoms with Gasteiger partial charge in [0.1, 0.15) is 5.76 Å². The van der Waals surface area contributed by atoms with Crippen LogP contribution in [0.3, 0.4) is 0 Å². The third kappa shape index (κ3) is 3.99. The Labute approximate surface area is 199 Å². The van der Waals surface area contributed by atoms with E-state index in [0.717, 1.165) is 62.0 Å². The van der Waals surface area contributed by atoms with Crippen molar-refractivity contribution in [3.8, 4) is 11.3 Å². The smallest absolute Gasteiger partial charge is 0.306 e. The van der Waals surface area contributed by atoms with Crippen LogP contribution in [0.25, 0.3) is 11.3 Å². The average molecular weight is 469 g/mol. The molecule has 3 heterocycles. The van der Waals surface area contributed by atoms with Gasteiger partial charge in [-0.25, -0.2) is 0 Å². The standard InChI is InChI=1S/C27H33FN2O4/c1-16(14-25(31)30-13-5-8-17-18(27(32)33)6-3-9-21(17)30)20-15-29(2)22-10-4-7-19(26(20)22)23-11-12-24(28)34-23/h4,7,10-12,16-18,20-21H,3,5-6,8-9,13-15H2,1-2H3,(H,32,33). The van der Waals surface area contributed by atoms with Crippen LogP contribution in [0.1, 0.15) is 56.9 Å². The number of furan rings is 1. The number of amides is 1. The van der Waals surface area contributed by atoms with Crippen molar-refractivity contribution in [2.24, 2.45) is 17.8 Å². The highest BCUT2D eigenvalue weighted by molar-refractivity contribution is 5.79. The molecule has 7 heteroatoms. The van der Waals surface area contributed by atoms with Gasteiger partial charge in [-0.15, -0.1) is 0 Å². The third-order valence-corrected chi connectivity index (χ3v) is 8.36. The Morgan fingerprint density at radius 1 is 1.18 bits per heavy atom. The normalized spacial score (nSPS) is 27.3. The summed E-state index contributed by atoms with van der Waals surface area (Å²) in [6.45, 7) is 3.63. The molecule has 3 aliphatic rings. The molecule has 5 unspecified atom stereocenters. The van der Waals surface area contributed by atoms with E-state index in [2.05, 4.69) is 17.9 Å². The number of anilines is 1. The fourth-order valence-electron chi connectivity index (χ4n) is 6.74. The quantitative estimate of drug-likeness (QED) is 0.658. The number of benzene rings is 1. The SMILES string of the molecule is CC(CC(=O)N1CCCC2C(C(=O)O)CCCC21)C1CN(C)c2cccc(-c3ccc(F)o3)c21. The van der Waals surface area contributed by atoms with Gasteiger partial charge >= 0.3 is 5.97 Å². The molecule has 1 aromatic heterocycles. The Kier molecular flexibility index (Phi) is 6.13. The number of piperidine rings is 1. The number of rotatable bonds is 5. The second kappa shape index (κ2) is 9.08. The highest BCUT2D eigenvalue weighted by Gasteiger charge is 2.44. The van der Waals surface area contributed by atoms with Crippen molar-refractivity contribution in [1.82, 2.24) is 4.90 Å². The van der Waals surface area contributed by atoms with Crippen molar-refractivity contribution in [1.29, 1.82) is 0 Å². The molecule has 1 saturated heterocycles. The van der Waals surface area contributed by atoms with Crippen LogP contribution in [0.15, 0.2) is 34.7 Å². The minimum Gasteiger partial charge on any atom is -0.481 e. The van der Waals surface area contributed by atoms with Gasteiger partial charge in [0.25, 0.3) is 6.01 Å². The highest BCUT2D eigenvalue weighted by atomic mass is 19.1. The topological polar surface area (TPSA) is 74.0 Å². The molecule has 0 spiro atoms. The Hall–Kier alpha value is -2.83. The summed E-state index contributed by atoms with van der Waals surface area (Å²) in [6.07, 6.45) is 4.66. The maximum Gasteiger partial charge on any atom is 0.306 e. The Balaban J connectivity index is 1.36. The van der Waals surface area contributed by atoms with Crippen LogP contribution in [0.4, 0.5) is 10.1 Å². The van der Waals surface area contributed by atoms with Crippen LogP contribution in [0.5, 0.6) is 0 Å². The van der Waals surface area contributed by atoms with Gasteiger partial charge < -0.3 is 19.3 Å². The van der Waals surface area contributed by atoms with Gasteiger partial charge in [0.15, 0.2) is 0 Å². The van der Waals surface area contributed by atoms with E-state index in [1.807, 2.05) is 24.1 Å². The van der Waals surface area contributed by atoms with E-state index >= 15 is 0 Å². The van der Waals surface area contributed by atoms with E-state index in [1.54, 1.807) is 6.07 Å². The van der Waals surface area contributed by atoms with E-state index in [4.69, 9.17) is 4.42 Å². The number of hydrogen-bond donors (Lipinski definition) is 1. The maximum atomic E-state index is 13.6. The number of carbonyl (C=O) groups excluding carboxylic acids is 1. The van der Waals surface area contributed by atoms with Crippen LogP contribution in [-0.4, -0.2) is 48.1 Å². The molecule has 34 heavy (non-hydrogen) atoms. The lowest BCUT2D eigenvalue weighted by Gasteiger charge is -2.46. The zero-order valence-corrected chi connectivity index (χ0v) is 19.9. The molecule has 0 bridgehead atoms. The number of nitrogens with zero attached hydrogens (tertiary/aromatic N) is 2. The molecule has 2 aromatic rings. The monoisotopic (exact) mass is 468 g/mol. The summed E-state index contributed by atoms with van der Waals surface area (Å²) < 4.78 is 18.9. The van der Waals surface area contributed by atoms with Crippen molar-refractivity contribution < 1.29 is 23.5 Å². The highest BCUT2D eigenvalue weighted by Crippen LogP contribution is 2.46. The first-order valence-corrected chi connectivity index (χ1v) is 12.5. The summed E-state index contributed by atoms with van der Waals surface area (Å²) in [7, 11) is 2.04. The zero-order chi connectivity index (χ0) is 24.0. The number of likely N-dealkylation sites (N-methyl/N-ethyl adjacent to an activating group) is 1. The molecule has 5 atom stereocenters. The van der Waals surface area contributed by atoms with Gasteiger partial charge in [0, 0.05) is 55.8 Å². The summed E-state index contributed by atoms with van der Waals surface area (Å²) in [5.41, 5.74) is 3.08. The minimum atomic E-state index is -0.718. The van der Waals surface area contributed by atoms with Crippen molar-refractivity contribution in [3.05, 3.63) is 41.9 Å². The van der Waals surface area contributed by atoms with Crippen molar-refractivity contribution in [2.45, 2.75) is 57.4 Å². The van der Waals surface area contributed by atoms with E-state index in [-0.39, 0.29) is 35.6 Å². The summed E-state index contributed by atoms with van der Waals surface area (Å²) in [5.74, 6) is -0.149. The summed E-state index contributed by atoms with van der Waals surface area (Å²) in [5, 5.41) is 9.69. The number of fused-ring (bicyclic) bond motifs is 2. The number of aliphatic carboxylic acids is 1. The van der Waals surface area contributed by atoms with Gasteiger partial charge in [-0.3, -0.25) is 9.59 Å². The van der Waals surface area contributed by atoms with Crippen molar-refractivity contribution >= 4 is 17.6 Å². The summed E-state index contributed by atoms with van der Waals surface area (Å²) >= 11 is 0. The van der Waals surface area contributed by atoms with Crippen LogP contribution >= 0.6 is 0 Å². The predicted octanol–water partition coefficient (Wildman–Crippen LogP) is 5.14. The van der Waals surface area contributed by atoms with E-state index in [1.165, 1.54) is 6.07 Å². The first kappa shape index (κ1) is 22.9. The number of likely N-dealkylation sites (tertiary alicyclic amines) is 1. The molecule has 0 radical (unpaired) electrons. The number of carboxylic acid groups (broad SMARTS) is 1. The number of carboxylic acids is 1. The molecular formula is C27H33FN2O4. The number of carbonyl (C=O) groups is 2. The van der Waals surface area contributed by atoms with Gasteiger partial charge in [-0.1, -0.05) is 25.5 Å². The van der Waals surface area contributed by atoms with Crippen LogP contribution in [0, 0.1) is 23.8 Å². The van der Waals surface area contributed by atoms with Crippen LogP contribution in [-0.2, 0) is 9.59 Å². The molecule has 1 aromatic carbocycles. The fraction of sp³-hybridized carbons (Fsp3) is 0.556. The summed E-state index contributed by atoms with van der Waals surface area (Å²) in [6, 6.07) is 8.41. The first-order valence-electron chi connectivity index (χ1n) is 12.5. The van der Waals surface area contributed by atoms with Gasteiger partial charge in [-0.05, 0) is 55.2 Å². The van der Waals surface area contributed by atoms with E-state index < -0.39 is 12.0 Å². The molecule has 6 nitrogen and oxygen atoms in total. The van der Waals surface area contributed by atoms with Gasteiger partial charge in [-0.2, -0.15) is 4.39 Å². The summed E-state index contributed by atoms with van der Waals surface area (Å²) in [4.78, 5) is 29.5. The molecule has 5 rings (SSSR count). The second-order valence-electron chi connectivity index (χ2n) is 10.3. The second-order valence-corrected chi connectivity index (χ2v) is 10.3. The van der Waals surface area contributed by atoms with Crippen molar-refractivity contribution in [3.63, 3.8) is 0 Å². The third-order valence-electron chi connectivity index (χ3n) is 8.36. The molecule has 2 fully saturated rings. The molecule has 2 aliphatic heterocycles. The largest absolute Gasteiger partial charge is 0.481 e. The molecule has 1 aliphatic carbocycles. The van der Waals surface area contributed by atoms with Crippen LogP contribution in [0.2, 0.25) is 0 Å². The lowest BCUT2D eigenvalue weighted by atomic mass is 9.71. The first-order chi connectivity index (χ1) is 16.3. The van der Waals surface area contributed by atoms with E-state index in [0.29, 0.717) is 12.2 Å². The molecule has 182 valence electrons. The van der Waals surface area contributed by atoms with Gasteiger partial charge in [0.2, 0.25) is 5.91 Å². The predicted molar refractivity (Wildman–Crippen MR) is 127 cm³/mol. The lowest BCUT2D eigenvalue weighted by molar-refractivity contribution is -0.152. The van der Waals surface area contributed by atoms with Gasteiger partial charge in [0.05, 0.1) is 5.92 Å². The number of hydrogen-bond acceptors (Lipinski definition) is 4. The van der Waals surface area contributed by atoms with Crippen LogP contribution < -0.4 is 4.90 Å². The van der Waals surface area contributed by atoms with E-state index in [9.17, 15) is 19.1 Å². The Bertz CT molecular complexity index is 1080. The molecule has 1 saturated carbocycles. The molecular weight excluding hydrogens is 435 g/mol. The zero-order valence-electron chi connectivity index (χ0n) is 19.9. The number of halogens is 1. The molecule has 1 amide bonds.